The second kappa shape index (κ2) is 5.06. The normalized spacial score (nSPS) is 16.1. The molecule has 5 heteroatoms. The largest absolute Gasteiger partial charge is 0.499 e. The topological polar surface area (TPSA) is 55.8 Å². The molecule has 1 aliphatic rings. The lowest BCUT2D eigenvalue weighted by Gasteiger charge is -2.29. The van der Waals surface area contributed by atoms with Gasteiger partial charge in [0.1, 0.15) is 17.3 Å². The van der Waals surface area contributed by atoms with Gasteiger partial charge in [-0.1, -0.05) is 0 Å². The fourth-order valence-electron chi connectivity index (χ4n) is 1.38. The van der Waals surface area contributed by atoms with Crippen LogP contribution in [0.4, 0.5) is 4.79 Å². The lowest BCUT2D eigenvalue weighted by Crippen LogP contribution is -2.41. The average Bonchev–Trinajstić information content (AvgIpc) is 2.26. The molecule has 0 radical (unpaired) electrons. The van der Waals surface area contributed by atoms with E-state index in [2.05, 4.69) is 0 Å². The van der Waals surface area contributed by atoms with Crippen LogP contribution in [0.1, 0.15) is 20.8 Å². The molecule has 0 unspecified atom stereocenters. The fourth-order valence-corrected chi connectivity index (χ4v) is 1.38. The van der Waals surface area contributed by atoms with Crippen molar-refractivity contribution in [3.05, 3.63) is 17.4 Å². The van der Waals surface area contributed by atoms with Crippen molar-refractivity contribution < 1.29 is 19.1 Å². The molecule has 0 bridgehead atoms. The summed E-state index contributed by atoms with van der Waals surface area (Å²) < 4.78 is 10.3. The zero-order chi connectivity index (χ0) is 13.1. The van der Waals surface area contributed by atoms with Gasteiger partial charge in [0.05, 0.1) is 25.8 Å². The van der Waals surface area contributed by atoms with E-state index in [-0.39, 0.29) is 6.54 Å². The van der Waals surface area contributed by atoms with Crippen molar-refractivity contribution in [2.24, 2.45) is 0 Å². The van der Waals surface area contributed by atoms with Crippen molar-refractivity contribution in [2.45, 2.75) is 26.4 Å². The third-order valence-corrected chi connectivity index (χ3v) is 2.09. The van der Waals surface area contributed by atoms with Gasteiger partial charge in [0.2, 0.25) is 0 Å². The Labute approximate surface area is 101 Å². The molecule has 1 aliphatic heterocycles. The predicted octanol–water partition coefficient (Wildman–Crippen LogP) is 1.53. The first-order valence-corrected chi connectivity index (χ1v) is 5.32. The SMILES string of the molecule is COC1=CC(=C=O)CN(C(=O)OC(C)(C)C)C1. The van der Waals surface area contributed by atoms with Gasteiger partial charge in [0.15, 0.2) is 0 Å². The lowest BCUT2D eigenvalue weighted by atomic mass is 10.1. The molecule has 0 aliphatic carbocycles. The van der Waals surface area contributed by atoms with E-state index in [0.29, 0.717) is 17.9 Å². The van der Waals surface area contributed by atoms with E-state index in [1.165, 1.54) is 12.0 Å². The van der Waals surface area contributed by atoms with Crippen LogP contribution < -0.4 is 0 Å². The van der Waals surface area contributed by atoms with Crippen molar-refractivity contribution in [3.8, 4) is 0 Å². The number of carbonyl (C=O) groups is 1. The molecule has 0 N–H and O–H groups in total. The summed E-state index contributed by atoms with van der Waals surface area (Å²) in [6, 6.07) is 0. The van der Waals surface area contributed by atoms with Gasteiger partial charge in [-0.05, 0) is 26.8 Å². The van der Waals surface area contributed by atoms with Crippen LogP contribution in [0.2, 0.25) is 0 Å². The van der Waals surface area contributed by atoms with Gasteiger partial charge in [-0.2, -0.15) is 0 Å². The number of carbonyl (C=O) groups excluding carboxylic acids is 2. The van der Waals surface area contributed by atoms with Crippen LogP contribution in [0.3, 0.4) is 0 Å². The Hall–Kier alpha value is -1.74. The molecule has 1 rings (SSSR count). The number of hydrogen-bond acceptors (Lipinski definition) is 4. The number of hydrogen-bond donors (Lipinski definition) is 0. The molecule has 0 atom stereocenters. The van der Waals surface area contributed by atoms with E-state index in [0.717, 1.165) is 0 Å². The van der Waals surface area contributed by atoms with Gasteiger partial charge >= 0.3 is 6.09 Å². The van der Waals surface area contributed by atoms with Crippen LogP contribution in [-0.4, -0.2) is 42.7 Å². The lowest BCUT2D eigenvalue weighted by molar-refractivity contribution is 0.0253. The molecule has 0 aromatic rings. The highest BCUT2D eigenvalue weighted by Crippen LogP contribution is 2.17. The van der Waals surface area contributed by atoms with E-state index in [1.54, 1.807) is 32.8 Å². The number of rotatable bonds is 1. The van der Waals surface area contributed by atoms with Crippen LogP contribution in [-0.2, 0) is 14.3 Å². The highest BCUT2D eigenvalue weighted by atomic mass is 16.6. The van der Waals surface area contributed by atoms with Gasteiger partial charge in [-0.15, -0.1) is 0 Å². The second-order valence-electron chi connectivity index (χ2n) is 4.78. The summed E-state index contributed by atoms with van der Waals surface area (Å²) in [5, 5.41) is 0. The maximum Gasteiger partial charge on any atom is 0.411 e. The summed E-state index contributed by atoms with van der Waals surface area (Å²) >= 11 is 0. The van der Waals surface area contributed by atoms with E-state index in [9.17, 15) is 9.59 Å². The Morgan fingerprint density at radius 2 is 2.06 bits per heavy atom. The first kappa shape index (κ1) is 13.3. The third-order valence-electron chi connectivity index (χ3n) is 2.09. The van der Waals surface area contributed by atoms with Crippen molar-refractivity contribution in [2.75, 3.05) is 20.2 Å². The van der Waals surface area contributed by atoms with Crippen LogP contribution in [0.5, 0.6) is 0 Å². The molecule has 0 aromatic heterocycles. The third kappa shape index (κ3) is 3.96. The van der Waals surface area contributed by atoms with Crippen LogP contribution >= 0.6 is 0 Å². The Kier molecular flexibility index (Phi) is 3.97. The highest BCUT2D eigenvalue weighted by molar-refractivity contribution is 5.71. The summed E-state index contributed by atoms with van der Waals surface area (Å²) in [5.41, 5.74) is -0.185. The first-order chi connectivity index (χ1) is 7.85. The molecule has 5 nitrogen and oxygen atoms in total. The van der Waals surface area contributed by atoms with Gasteiger partial charge in [0.25, 0.3) is 0 Å². The van der Waals surface area contributed by atoms with Crippen LogP contribution in [0, 0.1) is 0 Å². The number of nitrogens with zero attached hydrogens (tertiary/aromatic N) is 1. The minimum absolute atomic E-state index is 0.200. The Morgan fingerprint density at radius 1 is 1.41 bits per heavy atom. The molecule has 17 heavy (non-hydrogen) atoms. The van der Waals surface area contributed by atoms with Crippen LogP contribution in [0.15, 0.2) is 17.4 Å². The standard InChI is InChI=1S/C12H17NO4/c1-12(2,3)17-11(15)13-6-9(8-14)5-10(7-13)16-4/h5H,6-7H2,1-4H3. The van der Waals surface area contributed by atoms with Crippen LogP contribution in [0.25, 0.3) is 0 Å². The summed E-state index contributed by atoms with van der Waals surface area (Å²) in [6.45, 7) is 5.87. The monoisotopic (exact) mass is 239 g/mol. The minimum atomic E-state index is -0.559. The summed E-state index contributed by atoms with van der Waals surface area (Å²) in [7, 11) is 1.49. The van der Waals surface area contributed by atoms with E-state index in [1.807, 2.05) is 0 Å². The predicted molar refractivity (Wildman–Crippen MR) is 62.1 cm³/mol. The molecular weight excluding hydrogens is 222 g/mol. The Bertz CT molecular complexity index is 386. The van der Waals surface area contributed by atoms with Gasteiger partial charge in [0, 0.05) is 0 Å². The van der Waals surface area contributed by atoms with Crippen molar-refractivity contribution in [3.63, 3.8) is 0 Å². The zero-order valence-corrected chi connectivity index (χ0v) is 10.6. The molecular formula is C12H17NO4. The van der Waals surface area contributed by atoms with Gasteiger partial charge < -0.3 is 9.47 Å². The Balaban J connectivity index is 2.78. The number of amides is 1. The van der Waals surface area contributed by atoms with E-state index in [4.69, 9.17) is 9.47 Å². The molecule has 0 aromatic carbocycles. The maximum atomic E-state index is 11.8. The quantitative estimate of drug-likeness (QED) is 0.651. The summed E-state index contributed by atoms with van der Waals surface area (Å²) in [5.74, 6) is 2.32. The van der Waals surface area contributed by atoms with Crippen molar-refractivity contribution >= 4 is 12.0 Å². The zero-order valence-electron chi connectivity index (χ0n) is 10.6. The number of ether oxygens (including phenoxy) is 2. The number of methoxy groups -OCH3 is 1. The fraction of sp³-hybridized carbons (Fsp3) is 0.583. The molecule has 94 valence electrons. The summed E-state index contributed by atoms with van der Waals surface area (Å²) in [6.07, 6.45) is 1.13. The van der Waals surface area contributed by atoms with Crippen molar-refractivity contribution in [1.29, 1.82) is 0 Å². The molecule has 0 spiro atoms. The molecule has 0 saturated heterocycles. The Morgan fingerprint density at radius 3 is 2.53 bits per heavy atom. The van der Waals surface area contributed by atoms with Gasteiger partial charge in [-0.25, -0.2) is 9.59 Å². The van der Waals surface area contributed by atoms with Crippen molar-refractivity contribution in [1.82, 2.24) is 4.90 Å². The van der Waals surface area contributed by atoms with E-state index >= 15 is 0 Å². The second-order valence-corrected chi connectivity index (χ2v) is 4.78. The molecule has 0 fully saturated rings. The first-order valence-electron chi connectivity index (χ1n) is 5.32. The maximum absolute atomic E-state index is 11.8. The molecule has 0 saturated carbocycles. The highest BCUT2D eigenvalue weighted by Gasteiger charge is 2.26. The minimum Gasteiger partial charge on any atom is -0.499 e. The van der Waals surface area contributed by atoms with E-state index < -0.39 is 11.7 Å². The average molecular weight is 239 g/mol. The summed E-state index contributed by atoms with van der Waals surface area (Å²) in [4.78, 5) is 23.9. The molecule has 1 amide bonds. The van der Waals surface area contributed by atoms with Gasteiger partial charge in [-0.3, -0.25) is 4.90 Å². The smallest absolute Gasteiger partial charge is 0.411 e. The molecule has 1 heterocycles.